The monoisotopic (exact) mass is 472 g/mol. The predicted molar refractivity (Wildman–Crippen MR) is 126 cm³/mol. The Balaban J connectivity index is 1.37. The van der Waals surface area contributed by atoms with Crippen LogP contribution in [0.3, 0.4) is 0 Å². The molecule has 3 aromatic carbocycles. The van der Waals surface area contributed by atoms with Crippen LogP contribution in [-0.2, 0) is 10.0 Å². The van der Waals surface area contributed by atoms with Crippen molar-refractivity contribution >= 4 is 38.3 Å². The van der Waals surface area contributed by atoms with Crippen molar-refractivity contribution in [2.45, 2.75) is 24.2 Å². The molecule has 0 bridgehead atoms. The Morgan fingerprint density at radius 2 is 1.72 bits per heavy atom. The van der Waals surface area contributed by atoms with Gasteiger partial charge in [-0.2, -0.15) is 4.31 Å². The molecule has 1 aliphatic heterocycles. The predicted octanol–water partition coefficient (Wildman–Crippen LogP) is 4.48. The number of carbonyl (C=O) groups is 1. The smallest absolute Gasteiger partial charge is 0.251 e. The molecule has 1 amide bonds. The Morgan fingerprint density at radius 1 is 0.969 bits per heavy atom. The maximum atomic E-state index is 13.0. The molecule has 3 aromatic rings. The third-order valence-corrected chi connectivity index (χ3v) is 7.88. The van der Waals surface area contributed by atoms with Crippen LogP contribution in [-0.4, -0.2) is 44.9 Å². The number of hydrogen-bond acceptors (Lipinski definition) is 4. The zero-order valence-electron chi connectivity index (χ0n) is 17.6. The van der Waals surface area contributed by atoms with Gasteiger partial charge in [0.2, 0.25) is 10.0 Å². The van der Waals surface area contributed by atoms with Gasteiger partial charge < -0.3 is 10.1 Å². The summed E-state index contributed by atoms with van der Waals surface area (Å²) in [6, 6.07) is 18.2. The van der Waals surface area contributed by atoms with Crippen molar-refractivity contribution in [3.8, 4) is 5.75 Å². The summed E-state index contributed by atoms with van der Waals surface area (Å²) >= 11 is 6.18. The van der Waals surface area contributed by atoms with Crippen LogP contribution in [0.2, 0.25) is 5.02 Å². The van der Waals surface area contributed by atoms with Crippen LogP contribution in [0.4, 0.5) is 0 Å². The number of nitrogens with one attached hydrogen (secondary N) is 1. The second-order valence-corrected chi connectivity index (χ2v) is 10.0. The molecule has 32 heavy (non-hydrogen) atoms. The lowest BCUT2D eigenvalue weighted by atomic mass is 10.1. The van der Waals surface area contributed by atoms with Gasteiger partial charge in [-0.1, -0.05) is 48.4 Å². The van der Waals surface area contributed by atoms with Crippen molar-refractivity contribution in [3.05, 3.63) is 71.2 Å². The van der Waals surface area contributed by atoms with Crippen LogP contribution in [0, 0.1) is 0 Å². The van der Waals surface area contributed by atoms with Crippen LogP contribution in [0.1, 0.15) is 29.6 Å². The number of sulfonamides is 1. The number of nitrogens with zero attached hydrogens (tertiary/aromatic N) is 1. The first-order chi connectivity index (χ1) is 15.4. The third kappa shape index (κ3) is 5.06. The van der Waals surface area contributed by atoms with E-state index in [9.17, 15) is 13.2 Å². The van der Waals surface area contributed by atoms with Gasteiger partial charge in [0.15, 0.2) is 0 Å². The van der Waals surface area contributed by atoms with Gasteiger partial charge in [-0.3, -0.25) is 4.79 Å². The van der Waals surface area contributed by atoms with E-state index in [1.165, 1.54) is 22.5 Å². The average molecular weight is 473 g/mol. The quantitative estimate of drug-likeness (QED) is 0.514. The summed E-state index contributed by atoms with van der Waals surface area (Å²) in [5, 5.41) is 5.10. The molecule has 0 aliphatic carbocycles. The van der Waals surface area contributed by atoms with Gasteiger partial charge in [0, 0.05) is 18.7 Å². The summed E-state index contributed by atoms with van der Waals surface area (Å²) in [6.07, 6.45) is 2.67. The topological polar surface area (TPSA) is 75.7 Å². The molecule has 1 saturated heterocycles. The Kier molecular flexibility index (Phi) is 6.98. The van der Waals surface area contributed by atoms with E-state index in [1.54, 1.807) is 0 Å². The molecule has 1 N–H and O–H groups in total. The molecule has 1 fully saturated rings. The molecule has 168 valence electrons. The maximum Gasteiger partial charge on any atom is 0.251 e. The van der Waals surface area contributed by atoms with E-state index >= 15 is 0 Å². The second-order valence-electron chi connectivity index (χ2n) is 7.72. The molecule has 0 saturated carbocycles. The summed E-state index contributed by atoms with van der Waals surface area (Å²) in [6.45, 7) is 1.52. The molecule has 0 radical (unpaired) electrons. The summed E-state index contributed by atoms with van der Waals surface area (Å²) in [4.78, 5) is 12.6. The van der Waals surface area contributed by atoms with Crippen LogP contribution < -0.4 is 10.1 Å². The maximum absolute atomic E-state index is 13.0. The average Bonchev–Trinajstić information content (AvgIpc) is 2.82. The molecule has 0 aromatic heterocycles. The van der Waals surface area contributed by atoms with Gasteiger partial charge in [-0.15, -0.1) is 0 Å². The van der Waals surface area contributed by atoms with Crippen LogP contribution in [0.25, 0.3) is 10.8 Å². The first kappa shape index (κ1) is 22.6. The highest BCUT2D eigenvalue weighted by Crippen LogP contribution is 2.28. The van der Waals surface area contributed by atoms with Gasteiger partial charge in [-0.25, -0.2) is 8.42 Å². The molecule has 6 nitrogen and oxygen atoms in total. The summed E-state index contributed by atoms with van der Waals surface area (Å²) in [5.74, 6) is 0.346. The number of carbonyl (C=O) groups excluding carboxylic acids is 1. The Labute approximate surface area is 193 Å². The number of fused-ring (bicyclic) bond motifs is 1. The number of benzene rings is 3. The van der Waals surface area contributed by atoms with Gasteiger partial charge in [0.25, 0.3) is 5.91 Å². The zero-order valence-corrected chi connectivity index (χ0v) is 19.2. The van der Waals surface area contributed by atoms with E-state index in [2.05, 4.69) is 5.32 Å². The van der Waals surface area contributed by atoms with Crippen molar-refractivity contribution in [1.29, 1.82) is 0 Å². The lowest BCUT2D eigenvalue weighted by Gasteiger charge is -2.26. The van der Waals surface area contributed by atoms with Gasteiger partial charge in [0.05, 0.1) is 11.6 Å². The van der Waals surface area contributed by atoms with Gasteiger partial charge in [-0.05, 0) is 53.9 Å². The van der Waals surface area contributed by atoms with Crippen molar-refractivity contribution in [3.63, 3.8) is 0 Å². The minimum absolute atomic E-state index is 0.0267. The largest absolute Gasteiger partial charge is 0.492 e. The molecule has 0 atom stereocenters. The highest BCUT2D eigenvalue weighted by atomic mass is 35.5. The van der Waals surface area contributed by atoms with E-state index in [0.717, 1.165) is 35.8 Å². The summed E-state index contributed by atoms with van der Waals surface area (Å²) in [7, 11) is -3.73. The van der Waals surface area contributed by atoms with E-state index < -0.39 is 10.0 Å². The number of halogens is 1. The Morgan fingerprint density at radius 3 is 2.50 bits per heavy atom. The molecular weight excluding hydrogens is 448 g/mol. The fourth-order valence-corrected chi connectivity index (χ4v) is 5.80. The Bertz CT molecular complexity index is 1220. The number of amides is 1. The fraction of sp³-hybridized carbons (Fsp3) is 0.292. The number of hydrogen-bond donors (Lipinski definition) is 1. The molecule has 0 unspecified atom stereocenters. The SMILES string of the molecule is O=C(NCCOc1ccc2ccccc2c1)c1ccc(Cl)c(S(=O)(=O)N2CCCCC2)c1. The first-order valence-corrected chi connectivity index (χ1v) is 12.5. The molecular formula is C24H25ClN2O4S. The Hall–Kier alpha value is -2.61. The first-order valence-electron chi connectivity index (χ1n) is 10.6. The molecule has 0 spiro atoms. The molecule has 8 heteroatoms. The van der Waals surface area contributed by atoms with Crippen molar-refractivity contribution in [2.24, 2.45) is 0 Å². The van der Waals surface area contributed by atoms with Crippen LogP contribution >= 0.6 is 11.6 Å². The second kappa shape index (κ2) is 9.90. The summed E-state index contributed by atoms with van der Waals surface area (Å²) in [5.41, 5.74) is 0.246. The van der Waals surface area contributed by atoms with Crippen LogP contribution in [0.15, 0.2) is 65.6 Å². The van der Waals surface area contributed by atoms with Crippen molar-refractivity contribution in [2.75, 3.05) is 26.2 Å². The van der Waals surface area contributed by atoms with E-state index in [1.807, 2.05) is 42.5 Å². The van der Waals surface area contributed by atoms with Crippen molar-refractivity contribution < 1.29 is 17.9 Å². The molecule has 1 aliphatic rings. The van der Waals surface area contributed by atoms with E-state index in [0.29, 0.717) is 13.1 Å². The van der Waals surface area contributed by atoms with E-state index in [-0.39, 0.29) is 34.5 Å². The van der Waals surface area contributed by atoms with Crippen molar-refractivity contribution in [1.82, 2.24) is 9.62 Å². The highest BCUT2D eigenvalue weighted by Gasteiger charge is 2.28. The highest BCUT2D eigenvalue weighted by molar-refractivity contribution is 7.89. The summed E-state index contributed by atoms with van der Waals surface area (Å²) < 4.78 is 33.1. The molecule has 4 rings (SSSR count). The minimum Gasteiger partial charge on any atom is -0.492 e. The lowest BCUT2D eigenvalue weighted by Crippen LogP contribution is -2.36. The standard InChI is InChI=1S/C24H25ClN2O4S/c25-22-11-9-20(17-23(22)32(29,30)27-13-4-1-5-14-27)24(28)26-12-15-31-21-10-8-18-6-2-3-7-19(18)16-21/h2-3,6-11,16-17H,1,4-5,12-15H2,(H,26,28). The zero-order chi connectivity index (χ0) is 22.6. The fourth-order valence-electron chi connectivity index (χ4n) is 3.78. The number of ether oxygens (including phenoxy) is 1. The number of piperidine rings is 1. The third-order valence-electron chi connectivity index (χ3n) is 5.50. The van der Waals surface area contributed by atoms with Crippen LogP contribution in [0.5, 0.6) is 5.75 Å². The van der Waals surface area contributed by atoms with Gasteiger partial charge >= 0.3 is 0 Å². The normalized spacial score (nSPS) is 14.9. The molecule has 1 heterocycles. The number of rotatable bonds is 7. The minimum atomic E-state index is -3.73. The lowest BCUT2D eigenvalue weighted by molar-refractivity contribution is 0.0947. The van der Waals surface area contributed by atoms with Gasteiger partial charge in [0.1, 0.15) is 17.3 Å². The van der Waals surface area contributed by atoms with E-state index in [4.69, 9.17) is 16.3 Å².